The second-order valence-electron chi connectivity index (χ2n) is 3.93. The average Bonchev–Trinajstić information content (AvgIpc) is 2.79. The van der Waals surface area contributed by atoms with Crippen molar-refractivity contribution in [3.8, 4) is 0 Å². The predicted molar refractivity (Wildman–Crippen MR) is 66.4 cm³/mol. The maximum atomic E-state index is 11.3. The van der Waals surface area contributed by atoms with Gasteiger partial charge in [-0.05, 0) is 30.3 Å². The molecule has 0 saturated carbocycles. The Morgan fingerprint density at radius 2 is 2.44 bits per heavy atom. The normalized spacial score (nSPS) is 12.4. The van der Waals surface area contributed by atoms with Gasteiger partial charge >= 0.3 is 5.97 Å². The van der Waals surface area contributed by atoms with Crippen molar-refractivity contribution in [3.63, 3.8) is 0 Å². The smallest absolute Gasteiger partial charge is 0.305 e. The quantitative estimate of drug-likeness (QED) is 0.745. The minimum Gasteiger partial charge on any atom is -0.465 e. The van der Waals surface area contributed by atoms with Crippen molar-refractivity contribution in [2.45, 2.75) is 26.2 Å². The van der Waals surface area contributed by atoms with Crippen molar-refractivity contribution in [1.29, 1.82) is 0 Å². The molecule has 1 unspecified atom stereocenters. The van der Waals surface area contributed by atoms with Gasteiger partial charge in [0, 0.05) is 17.7 Å². The van der Waals surface area contributed by atoms with Gasteiger partial charge in [-0.2, -0.15) is 0 Å². The molecule has 0 aromatic carbocycles. The molecule has 0 bridgehead atoms. The van der Waals surface area contributed by atoms with Crippen molar-refractivity contribution >= 4 is 17.3 Å². The fourth-order valence-electron chi connectivity index (χ4n) is 1.27. The lowest BCUT2D eigenvalue weighted by Crippen LogP contribution is -2.14. The summed E-state index contributed by atoms with van der Waals surface area (Å²) in [5.74, 6) is 0.279. The molecule has 0 saturated heterocycles. The SMILES string of the molecule is CC(CN)CCC(=O)OCCc1cccs1. The molecule has 1 atom stereocenters. The topological polar surface area (TPSA) is 52.3 Å². The summed E-state index contributed by atoms with van der Waals surface area (Å²) in [6.07, 6.45) is 2.10. The van der Waals surface area contributed by atoms with Gasteiger partial charge in [0.1, 0.15) is 0 Å². The molecule has 4 heteroatoms. The summed E-state index contributed by atoms with van der Waals surface area (Å²) in [5, 5.41) is 2.03. The highest BCUT2D eigenvalue weighted by molar-refractivity contribution is 7.09. The zero-order chi connectivity index (χ0) is 11.8. The lowest BCUT2D eigenvalue weighted by atomic mass is 10.1. The summed E-state index contributed by atoms with van der Waals surface area (Å²) in [6, 6.07) is 4.06. The Balaban J connectivity index is 2.06. The molecular weight excluding hydrogens is 222 g/mol. The molecule has 0 amide bonds. The first-order chi connectivity index (χ1) is 7.72. The third-order valence-electron chi connectivity index (χ3n) is 2.44. The number of hydrogen-bond acceptors (Lipinski definition) is 4. The van der Waals surface area contributed by atoms with Gasteiger partial charge in [0.05, 0.1) is 6.61 Å². The summed E-state index contributed by atoms with van der Waals surface area (Å²) in [5.41, 5.74) is 5.47. The molecule has 1 rings (SSSR count). The zero-order valence-electron chi connectivity index (χ0n) is 9.65. The third kappa shape index (κ3) is 5.28. The van der Waals surface area contributed by atoms with E-state index in [1.165, 1.54) is 4.88 Å². The van der Waals surface area contributed by atoms with Crippen molar-refractivity contribution in [2.24, 2.45) is 11.7 Å². The Morgan fingerprint density at radius 3 is 3.06 bits per heavy atom. The molecule has 0 aliphatic heterocycles. The molecule has 90 valence electrons. The fourth-order valence-corrected chi connectivity index (χ4v) is 1.96. The highest BCUT2D eigenvalue weighted by Crippen LogP contribution is 2.09. The summed E-state index contributed by atoms with van der Waals surface area (Å²) in [7, 11) is 0. The minimum absolute atomic E-state index is 0.114. The highest BCUT2D eigenvalue weighted by atomic mass is 32.1. The van der Waals surface area contributed by atoms with Gasteiger partial charge in [0.15, 0.2) is 0 Å². The molecule has 3 nitrogen and oxygen atoms in total. The van der Waals surface area contributed by atoms with Gasteiger partial charge in [-0.25, -0.2) is 0 Å². The van der Waals surface area contributed by atoms with E-state index in [-0.39, 0.29) is 5.97 Å². The molecule has 16 heavy (non-hydrogen) atoms. The van der Waals surface area contributed by atoms with E-state index in [4.69, 9.17) is 10.5 Å². The van der Waals surface area contributed by atoms with Crippen molar-refractivity contribution < 1.29 is 9.53 Å². The second-order valence-corrected chi connectivity index (χ2v) is 4.96. The Hall–Kier alpha value is -0.870. The van der Waals surface area contributed by atoms with Crippen LogP contribution in [-0.2, 0) is 16.0 Å². The number of carbonyl (C=O) groups is 1. The molecule has 0 aliphatic carbocycles. The molecule has 2 N–H and O–H groups in total. The summed E-state index contributed by atoms with van der Waals surface area (Å²) >= 11 is 1.69. The third-order valence-corrected chi connectivity index (χ3v) is 3.37. The van der Waals surface area contributed by atoms with E-state index in [0.717, 1.165) is 12.8 Å². The second kappa shape index (κ2) is 7.41. The van der Waals surface area contributed by atoms with Gasteiger partial charge in [-0.1, -0.05) is 13.0 Å². The van der Waals surface area contributed by atoms with Crippen LogP contribution in [0.1, 0.15) is 24.6 Å². The van der Waals surface area contributed by atoms with Crippen molar-refractivity contribution in [3.05, 3.63) is 22.4 Å². The zero-order valence-corrected chi connectivity index (χ0v) is 10.5. The first kappa shape index (κ1) is 13.2. The van der Waals surface area contributed by atoms with Gasteiger partial charge in [0.2, 0.25) is 0 Å². The molecule has 0 radical (unpaired) electrons. The standard InChI is InChI=1S/C12H19NO2S/c1-10(9-13)4-5-12(14)15-7-6-11-3-2-8-16-11/h2-3,8,10H,4-7,9,13H2,1H3. The predicted octanol–water partition coefficient (Wildman–Crippen LogP) is 2.21. The van der Waals surface area contributed by atoms with E-state index in [2.05, 4.69) is 6.07 Å². The Bertz CT molecular complexity index is 298. The van der Waals surface area contributed by atoms with Crippen LogP contribution in [0.4, 0.5) is 0 Å². The number of nitrogens with two attached hydrogens (primary N) is 1. The van der Waals surface area contributed by atoms with Gasteiger partial charge < -0.3 is 10.5 Å². The van der Waals surface area contributed by atoms with E-state index in [1.807, 2.05) is 18.4 Å². The van der Waals surface area contributed by atoms with E-state index >= 15 is 0 Å². The largest absolute Gasteiger partial charge is 0.465 e. The number of esters is 1. The van der Waals surface area contributed by atoms with Crippen LogP contribution >= 0.6 is 11.3 Å². The summed E-state index contributed by atoms with van der Waals surface area (Å²) in [6.45, 7) is 3.15. The van der Waals surface area contributed by atoms with Crippen molar-refractivity contribution in [2.75, 3.05) is 13.2 Å². The average molecular weight is 241 g/mol. The molecule has 1 aromatic heterocycles. The first-order valence-corrected chi connectivity index (χ1v) is 6.48. The number of hydrogen-bond donors (Lipinski definition) is 1. The van der Waals surface area contributed by atoms with Crippen LogP contribution in [0.3, 0.4) is 0 Å². The Morgan fingerprint density at radius 1 is 1.62 bits per heavy atom. The molecule has 0 fully saturated rings. The molecule has 1 heterocycles. The maximum Gasteiger partial charge on any atom is 0.305 e. The lowest BCUT2D eigenvalue weighted by Gasteiger charge is -2.07. The number of thiophene rings is 1. The van der Waals surface area contributed by atoms with Gasteiger partial charge in [-0.3, -0.25) is 4.79 Å². The van der Waals surface area contributed by atoms with E-state index in [1.54, 1.807) is 11.3 Å². The van der Waals surface area contributed by atoms with Gasteiger partial charge in [0.25, 0.3) is 0 Å². The van der Waals surface area contributed by atoms with E-state index < -0.39 is 0 Å². The fraction of sp³-hybridized carbons (Fsp3) is 0.583. The molecule has 0 aliphatic rings. The highest BCUT2D eigenvalue weighted by Gasteiger charge is 2.06. The van der Waals surface area contributed by atoms with Crippen LogP contribution in [0, 0.1) is 5.92 Å². The lowest BCUT2D eigenvalue weighted by molar-refractivity contribution is -0.143. The van der Waals surface area contributed by atoms with Crippen LogP contribution < -0.4 is 5.73 Å². The monoisotopic (exact) mass is 241 g/mol. The van der Waals surface area contributed by atoms with Crippen LogP contribution in [0.5, 0.6) is 0 Å². The number of rotatable bonds is 7. The number of ether oxygens (including phenoxy) is 1. The summed E-state index contributed by atoms with van der Waals surface area (Å²) < 4.78 is 5.14. The maximum absolute atomic E-state index is 11.3. The van der Waals surface area contributed by atoms with Gasteiger partial charge in [-0.15, -0.1) is 11.3 Å². The van der Waals surface area contributed by atoms with E-state index in [0.29, 0.717) is 25.5 Å². The molecule has 1 aromatic rings. The summed E-state index contributed by atoms with van der Waals surface area (Å²) in [4.78, 5) is 12.6. The van der Waals surface area contributed by atoms with Crippen LogP contribution in [0.2, 0.25) is 0 Å². The first-order valence-electron chi connectivity index (χ1n) is 5.60. The molecule has 0 spiro atoms. The van der Waals surface area contributed by atoms with E-state index in [9.17, 15) is 4.79 Å². The van der Waals surface area contributed by atoms with Crippen LogP contribution in [0.15, 0.2) is 17.5 Å². The number of carbonyl (C=O) groups excluding carboxylic acids is 1. The van der Waals surface area contributed by atoms with Crippen molar-refractivity contribution in [1.82, 2.24) is 0 Å². The molecular formula is C12H19NO2S. The minimum atomic E-state index is -0.114. The Labute approximate surface area is 101 Å². The Kier molecular flexibility index (Phi) is 6.11. The van der Waals surface area contributed by atoms with Crippen LogP contribution in [-0.4, -0.2) is 19.1 Å². The van der Waals surface area contributed by atoms with Crippen LogP contribution in [0.25, 0.3) is 0 Å².